The molecule has 1 aliphatic rings. The van der Waals surface area contributed by atoms with Crippen LogP contribution in [0.25, 0.3) is 55.4 Å². The standard InChI is InChI=1S/C26H14N2O4/c29-23-14-5-1-4-8-21(14)32-26-17(23)11-13-9-10-19-16(22(13)28-26)12-18-24(30)15-6-2-3-7-20(15)31-25(18)27-19/h1-8,11-12H,9-10H2. The summed E-state index contributed by atoms with van der Waals surface area (Å²) in [6.07, 6.45) is 1.36. The Morgan fingerprint density at radius 1 is 0.656 bits per heavy atom. The van der Waals surface area contributed by atoms with Crippen LogP contribution in [0.15, 0.2) is 79.1 Å². The summed E-state index contributed by atoms with van der Waals surface area (Å²) in [4.78, 5) is 35.5. The van der Waals surface area contributed by atoms with Gasteiger partial charge in [-0.1, -0.05) is 24.3 Å². The Hall–Kier alpha value is -4.32. The largest absolute Gasteiger partial charge is 0.437 e. The van der Waals surface area contributed by atoms with Crippen molar-refractivity contribution in [3.05, 3.63) is 92.4 Å². The van der Waals surface area contributed by atoms with Gasteiger partial charge in [0, 0.05) is 5.56 Å². The number of para-hydroxylation sites is 2. The van der Waals surface area contributed by atoms with Crippen molar-refractivity contribution in [2.45, 2.75) is 12.8 Å². The number of benzene rings is 2. The molecule has 6 aromatic rings. The molecule has 32 heavy (non-hydrogen) atoms. The van der Waals surface area contributed by atoms with Crippen molar-refractivity contribution in [2.24, 2.45) is 0 Å². The maximum Gasteiger partial charge on any atom is 0.231 e. The fourth-order valence-corrected chi connectivity index (χ4v) is 4.61. The van der Waals surface area contributed by atoms with E-state index in [0.717, 1.165) is 16.8 Å². The van der Waals surface area contributed by atoms with E-state index in [4.69, 9.17) is 13.8 Å². The highest BCUT2D eigenvalue weighted by molar-refractivity contribution is 5.93. The second-order valence-corrected chi connectivity index (χ2v) is 8.04. The molecule has 0 saturated carbocycles. The highest BCUT2D eigenvalue weighted by Crippen LogP contribution is 2.35. The van der Waals surface area contributed by atoms with Gasteiger partial charge in [-0.2, -0.15) is 0 Å². The lowest BCUT2D eigenvalue weighted by molar-refractivity contribution is 0.639. The lowest BCUT2D eigenvalue weighted by atomic mass is 9.91. The average molecular weight is 418 g/mol. The Morgan fingerprint density at radius 2 is 1.25 bits per heavy atom. The summed E-state index contributed by atoms with van der Waals surface area (Å²) in [7, 11) is 0. The molecule has 6 heteroatoms. The van der Waals surface area contributed by atoms with E-state index in [1.54, 1.807) is 24.3 Å². The molecule has 6 nitrogen and oxygen atoms in total. The van der Waals surface area contributed by atoms with E-state index in [1.165, 1.54) is 0 Å². The first-order valence-electron chi connectivity index (χ1n) is 10.4. The summed E-state index contributed by atoms with van der Waals surface area (Å²) in [5.41, 5.74) is 4.65. The topological polar surface area (TPSA) is 86.2 Å². The Kier molecular flexibility index (Phi) is 3.31. The van der Waals surface area contributed by atoms with Crippen LogP contribution in [0.1, 0.15) is 11.3 Å². The van der Waals surface area contributed by atoms with E-state index in [2.05, 4.69) is 4.98 Å². The molecule has 0 saturated heterocycles. The smallest absolute Gasteiger partial charge is 0.231 e. The fourth-order valence-electron chi connectivity index (χ4n) is 4.61. The van der Waals surface area contributed by atoms with Gasteiger partial charge in [0.05, 0.1) is 32.9 Å². The Morgan fingerprint density at radius 3 is 1.94 bits per heavy atom. The first kappa shape index (κ1) is 17.4. The number of aromatic nitrogens is 2. The van der Waals surface area contributed by atoms with Crippen molar-refractivity contribution >= 4 is 44.1 Å². The molecule has 0 atom stereocenters. The number of hydrogen-bond acceptors (Lipinski definition) is 6. The molecular formula is C26H14N2O4. The summed E-state index contributed by atoms with van der Waals surface area (Å²) in [5.74, 6) is 0. The molecule has 4 aromatic heterocycles. The zero-order valence-electron chi connectivity index (χ0n) is 16.7. The molecule has 0 bridgehead atoms. The zero-order valence-corrected chi connectivity index (χ0v) is 16.7. The quantitative estimate of drug-likeness (QED) is 0.331. The third-order valence-electron chi connectivity index (χ3n) is 6.19. The third-order valence-corrected chi connectivity index (χ3v) is 6.19. The molecule has 0 amide bonds. The Balaban J connectivity index is 1.55. The summed E-state index contributed by atoms with van der Waals surface area (Å²) in [6.45, 7) is 0. The van der Waals surface area contributed by atoms with Crippen molar-refractivity contribution in [3.63, 3.8) is 0 Å². The van der Waals surface area contributed by atoms with E-state index in [9.17, 15) is 9.59 Å². The van der Waals surface area contributed by atoms with Crippen molar-refractivity contribution in [1.82, 2.24) is 9.97 Å². The predicted molar refractivity (Wildman–Crippen MR) is 122 cm³/mol. The van der Waals surface area contributed by atoms with Crippen LogP contribution in [0, 0.1) is 0 Å². The lowest BCUT2D eigenvalue weighted by Gasteiger charge is -2.19. The van der Waals surface area contributed by atoms with Crippen molar-refractivity contribution in [1.29, 1.82) is 0 Å². The molecule has 0 fully saturated rings. The number of aryl methyl sites for hydroxylation is 2. The first-order valence-corrected chi connectivity index (χ1v) is 10.4. The van der Waals surface area contributed by atoms with Crippen LogP contribution in [0.5, 0.6) is 0 Å². The van der Waals surface area contributed by atoms with Gasteiger partial charge in [0.25, 0.3) is 0 Å². The summed E-state index contributed by atoms with van der Waals surface area (Å²) < 4.78 is 11.9. The fraction of sp³-hybridized carbons (Fsp3) is 0.0769. The van der Waals surface area contributed by atoms with Crippen LogP contribution >= 0.6 is 0 Å². The SMILES string of the molecule is O=c1c2ccccc2oc2nc3c(cc12)-c1nc2oc4ccccc4c(=O)c2cc1CC3. The minimum absolute atomic E-state index is 0.0910. The van der Waals surface area contributed by atoms with Crippen LogP contribution < -0.4 is 10.9 Å². The second kappa shape index (κ2) is 6.11. The molecule has 0 radical (unpaired) electrons. The summed E-state index contributed by atoms with van der Waals surface area (Å²) >= 11 is 0. The Labute approximate surface area is 179 Å². The summed E-state index contributed by atoms with van der Waals surface area (Å²) in [6, 6.07) is 18.0. The van der Waals surface area contributed by atoms with Gasteiger partial charge in [0.2, 0.25) is 22.3 Å². The molecule has 4 heterocycles. The number of fused-ring (bicyclic) bond motifs is 7. The third kappa shape index (κ3) is 2.29. The van der Waals surface area contributed by atoms with Gasteiger partial charge in [-0.3, -0.25) is 9.59 Å². The number of pyridine rings is 2. The maximum atomic E-state index is 13.1. The minimum atomic E-state index is -0.123. The lowest BCUT2D eigenvalue weighted by Crippen LogP contribution is -2.12. The van der Waals surface area contributed by atoms with E-state index in [1.807, 2.05) is 36.4 Å². The van der Waals surface area contributed by atoms with Gasteiger partial charge >= 0.3 is 0 Å². The first-order chi connectivity index (χ1) is 15.7. The second-order valence-electron chi connectivity index (χ2n) is 8.04. The number of nitrogens with zero attached hydrogens (tertiary/aromatic N) is 2. The van der Waals surface area contributed by atoms with Crippen LogP contribution in [0.4, 0.5) is 0 Å². The predicted octanol–water partition coefficient (Wildman–Crippen LogP) is 4.76. The Bertz CT molecular complexity index is 1880. The van der Waals surface area contributed by atoms with Crippen molar-refractivity contribution in [3.8, 4) is 11.3 Å². The highest BCUT2D eigenvalue weighted by atomic mass is 16.3. The molecule has 0 spiro atoms. The van der Waals surface area contributed by atoms with Gasteiger partial charge in [-0.25, -0.2) is 9.97 Å². The van der Waals surface area contributed by atoms with Gasteiger partial charge in [-0.05, 0) is 54.8 Å². The van der Waals surface area contributed by atoms with Crippen LogP contribution in [-0.4, -0.2) is 9.97 Å². The van der Waals surface area contributed by atoms with E-state index in [-0.39, 0.29) is 16.6 Å². The number of rotatable bonds is 0. The zero-order chi connectivity index (χ0) is 21.4. The molecule has 152 valence electrons. The van der Waals surface area contributed by atoms with Gasteiger partial charge in [-0.15, -0.1) is 0 Å². The summed E-state index contributed by atoms with van der Waals surface area (Å²) in [5, 5.41) is 1.93. The molecule has 0 unspecified atom stereocenters. The average Bonchev–Trinajstić information content (AvgIpc) is 2.82. The van der Waals surface area contributed by atoms with Crippen LogP contribution in [0.3, 0.4) is 0 Å². The normalized spacial score (nSPS) is 13.0. The monoisotopic (exact) mass is 418 g/mol. The molecular weight excluding hydrogens is 404 g/mol. The van der Waals surface area contributed by atoms with E-state index < -0.39 is 0 Å². The van der Waals surface area contributed by atoms with Gasteiger partial charge in [0.1, 0.15) is 11.2 Å². The van der Waals surface area contributed by atoms with Crippen molar-refractivity contribution in [2.75, 3.05) is 0 Å². The van der Waals surface area contributed by atoms with Gasteiger partial charge < -0.3 is 8.83 Å². The highest BCUT2D eigenvalue weighted by Gasteiger charge is 2.23. The van der Waals surface area contributed by atoms with Crippen LogP contribution in [0.2, 0.25) is 0 Å². The molecule has 0 aliphatic heterocycles. The number of hydrogen-bond donors (Lipinski definition) is 0. The van der Waals surface area contributed by atoms with Crippen LogP contribution in [-0.2, 0) is 12.8 Å². The molecule has 0 N–H and O–H groups in total. The molecule has 1 aliphatic carbocycles. The van der Waals surface area contributed by atoms with Gasteiger partial charge in [0.15, 0.2) is 0 Å². The maximum absolute atomic E-state index is 13.1. The van der Waals surface area contributed by atoms with E-state index >= 15 is 0 Å². The molecule has 2 aromatic carbocycles. The minimum Gasteiger partial charge on any atom is -0.437 e. The van der Waals surface area contributed by atoms with Crippen molar-refractivity contribution < 1.29 is 8.83 Å². The van der Waals surface area contributed by atoms with E-state index in [0.29, 0.717) is 57.0 Å². The molecule has 7 rings (SSSR count).